The third-order valence-electron chi connectivity index (χ3n) is 1.12. The molecule has 0 amide bonds. The predicted octanol–water partition coefficient (Wildman–Crippen LogP) is -1.53. The Kier molecular flexibility index (Phi) is 8.89. The molecule has 1 rings (SSSR count). The van der Waals surface area contributed by atoms with Crippen LogP contribution < -0.4 is 29.6 Å². The predicted molar refractivity (Wildman–Crippen MR) is 43.2 cm³/mol. The summed E-state index contributed by atoms with van der Waals surface area (Å²) in [7, 11) is 0. The Balaban J connectivity index is 0. The van der Waals surface area contributed by atoms with Gasteiger partial charge in [0.15, 0.2) is 0 Å². The van der Waals surface area contributed by atoms with E-state index in [1.54, 1.807) is 6.07 Å². The van der Waals surface area contributed by atoms with Crippen LogP contribution >= 0.6 is 0 Å². The summed E-state index contributed by atoms with van der Waals surface area (Å²) in [6, 6.07) is 7.25. The van der Waals surface area contributed by atoms with E-state index in [0.717, 1.165) is 5.56 Å². The van der Waals surface area contributed by atoms with Gasteiger partial charge in [0.2, 0.25) is 0 Å². The summed E-state index contributed by atoms with van der Waals surface area (Å²) in [5, 5.41) is 23.7. The smallest absolute Gasteiger partial charge is 0.508 e. The van der Waals surface area contributed by atoms with Crippen molar-refractivity contribution in [1.82, 2.24) is 0 Å². The van der Waals surface area contributed by atoms with Crippen LogP contribution in [0.25, 0.3) is 0 Å². The normalized spacial score (nSPS) is 7.46. The van der Waals surface area contributed by atoms with Crippen molar-refractivity contribution in [3.8, 4) is 5.75 Å². The van der Waals surface area contributed by atoms with E-state index in [9.17, 15) is 0 Å². The molecule has 0 fully saturated rings. The molecule has 1 N–H and O–H groups in total. The maximum absolute atomic E-state index is 8.92. The van der Waals surface area contributed by atoms with Crippen LogP contribution in [0.5, 0.6) is 5.75 Å². The van der Waals surface area contributed by atoms with Crippen molar-refractivity contribution in [2.75, 3.05) is 0 Å². The largest absolute Gasteiger partial charge is 1.00 e. The first kappa shape index (κ1) is 14.7. The molecule has 1 aromatic carbocycles. The minimum atomic E-state index is -1.75. The van der Waals surface area contributed by atoms with E-state index in [1.165, 1.54) is 0 Å². The second kappa shape index (κ2) is 7.85. The van der Waals surface area contributed by atoms with Crippen LogP contribution in [0.15, 0.2) is 24.3 Å². The monoisotopic (exact) mass is 193 g/mol. The summed E-state index contributed by atoms with van der Waals surface area (Å²) in [5.74, 6) is 0.368. The maximum Gasteiger partial charge on any atom is 1.00 e. The third-order valence-corrected chi connectivity index (χ3v) is 1.12. The molecule has 0 atom stereocenters. The number of phenolic OH excluding ortho intramolecular Hbond substituents is 1. The van der Waals surface area contributed by atoms with Crippen LogP contribution in [0.3, 0.4) is 0 Å². The Morgan fingerprint density at radius 3 is 1.92 bits per heavy atom. The van der Waals surface area contributed by atoms with Crippen LogP contribution in [0.4, 0.5) is 0 Å². The van der Waals surface area contributed by atoms with Gasteiger partial charge in [0.05, 0.1) is 5.09 Å². The first-order valence-electron chi connectivity index (χ1n) is 3.10. The number of benzene rings is 1. The van der Waals surface area contributed by atoms with E-state index in [0.29, 0.717) is 5.75 Å². The average Bonchev–Trinajstić information content (AvgIpc) is 1.94. The number of aryl methyl sites for hydroxylation is 1. The Bertz CT molecular complexity index is 241. The molecule has 0 aliphatic carbocycles. The number of hydrogen-bond acceptors (Lipinski definition) is 4. The molecule has 13 heavy (non-hydrogen) atoms. The van der Waals surface area contributed by atoms with Crippen molar-refractivity contribution in [1.29, 1.82) is 0 Å². The van der Waals surface area contributed by atoms with Crippen molar-refractivity contribution < 1.29 is 39.8 Å². The zero-order valence-electron chi connectivity index (χ0n) is 7.43. The standard InChI is InChI=1S/C7H8O.NO3.Na/c1-6-4-2-3-5-7(6)8;2-1(3)4;/h2-5,8H,1H3;;/q;-1;+1. The number of nitrogens with zero attached hydrogens (tertiary/aromatic N) is 1. The van der Waals surface area contributed by atoms with Crippen molar-refractivity contribution in [3.05, 3.63) is 45.2 Å². The molecule has 0 saturated carbocycles. The zero-order chi connectivity index (χ0) is 9.56. The minimum absolute atomic E-state index is 0. The molecular weight excluding hydrogens is 185 g/mol. The van der Waals surface area contributed by atoms with Gasteiger partial charge in [-0.25, -0.2) is 0 Å². The van der Waals surface area contributed by atoms with Crippen molar-refractivity contribution in [3.63, 3.8) is 0 Å². The average molecular weight is 193 g/mol. The minimum Gasteiger partial charge on any atom is -0.508 e. The second-order valence-electron chi connectivity index (χ2n) is 2.01. The second-order valence-corrected chi connectivity index (χ2v) is 2.01. The van der Waals surface area contributed by atoms with E-state index in [1.807, 2.05) is 25.1 Å². The molecule has 0 saturated heterocycles. The summed E-state index contributed by atoms with van der Waals surface area (Å²) in [4.78, 5) is 8.25. The van der Waals surface area contributed by atoms with Crippen molar-refractivity contribution in [2.24, 2.45) is 0 Å². The molecule has 0 aliphatic heterocycles. The summed E-state index contributed by atoms with van der Waals surface area (Å²) < 4.78 is 0. The molecule has 1 aromatic rings. The van der Waals surface area contributed by atoms with Crippen molar-refractivity contribution >= 4 is 0 Å². The summed E-state index contributed by atoms with van der Waals surface area (Å²) in [5.41, 5.74) is 0.924. The fraction of sp³-hybridized carbons (Fsp3) is 0.143. The van der Waals surface area contributed by atoms with Crippen molar-refractivity contribution in [2.45, 2.75) is 6.92 Å². The number of aromatic hydroxyl groups is 1. The fourth-order valence-corrected chi connectivity index (χ4v) is 0.563. The molecule has 0 bridgehead atoms. The molecular formula is C7H8NNaO4. The Morgan fingerprint density at radius 1 is 1.31 bits per heavy atom. The van der Waals surface area contributed by atoms with Crippen LogP contribution in [0.2, 0.25) is 0 Å². The fourth-order valence-electron chi connectivity index (χ4n) is 0.563. The topological polar surface area (TPSA) is 86.4 Å². The Hall–Kier alpha value is -0.780. The van der Waals surface area contributed by atoms with E-state index < -0.39 is 5.09 Å². The van der Waals surface area contributed by atoms with E-state index in [4.69, 9.17) is 20.4 Å². The molecule has 0 unspecified atom stereocenters. The van der Waals surface area contributed by atoms with Crippen LogP contribution in [0, 0.1) is 22.2 Å². The number of hydrogen-bond donors (Lipinski definition) is 1. The zero-order valence-corrected chi connectivity index (χ0v) is 9.43. The number of para-hydroxylation sites is 1. The van der Waals surface area contributed by atoms with Gasteiger partial charge in [0.25, 0.3) is 0 Å². The first-order valence-corrected chi connectivity index (χ1v) is 3.10. The first-order chi connectivity index (χ1) is 5.54. The van der Waals surface area contributed by atoms with Crippen LogP contribution in [0.1, 0.15) is 5.56 Å². The SMILES string of the molecule is Cc1ccccc1O.O=[N+]([O-])[O-].[Na+]. The molecule has 6 heteroatoms. The number of rotatable bonds is 0. The molecule has 0 heterocycles. The van der Waals surface area contributed by atoms with Crippen LogP contribution in [-0.2, 0) is 0 Å². The summed E-state index contributed by atoms with van der Waals surface area (Å²) >= 11 is 0. The van der Waals surface area contributed by atoms with Gasteiger partial charge < -0.3 is 20.4 Å². The molecule has 66 valence electrons. The molecule has 0 spiro atoms. The quantitative estimate of drug-likeness (QED) is 0.307. The van der Waals surface area contributed by atoms with Gasteiger partial charge in [0.1, 0.15) is 5.75 Å². The van der Waals surface area contributed by atoms with Gasteiger partial charge in [-0.3, -0.25) is 0 Å². The van der Waals surface area contributed by atoms with E-state index in [-0.39, 0.29) is 29.6 Å². The molecule has 0 aliphatic rings. The maximum atomic E-state index is 8.92. The van der Waals surface area contributed by atoms with Gasteiger partial charge in [0, 0.05) is 0 Å². The molecule has 5 nitrogen and oxygen atoms in total. The van der Waals surface area contributed by atoms with Crippen LogP contribution in [-0.4, -0.2) is 10.2 Å². The molecule has 0 radical (unpaired) electrons. The van der Waals surface area contributed by atoms with Gasteiger partial charge in [-0.1, -0.05) is 18.2 Å². The summed E-state index contributed by atoms with van der Waals surface area (Å²) in [6.07, 6.45) is 0. The number of phenols is 1. The van der Waals surface area contributed by atoms with E-state index in [2.05, 4.69) is 0 Å². The molecule has 0 aromatic heterocycles. The Labute approximate surface area is 97.4 Å². The third kappa shape index (κ3) is 9.13. The summed E-state index contributed by atoms with van der Waals surface area (Å²) in [6.45, 7) is 1.87. The van der Waals surface area contributed by atoms with E-state index >= 15 is 0 Å². The van der Waals surface area contributed by atoms with Gasteiger partial charge >= 0.3 is 29.6 Å². The van der Waals surface area contributed by atoms with Gasteiger partial charge in [-0.15, -0.1) is 0 Å². The van der Waals surface area contributed by atoms with Gasteiger partial charge in [-0.2, -0.15) is 0 Å². The van der Waals surface area contributed by atoms with Gasteiger partial charge in [-0.05, 0) is 18.6 Å². The Morgan fingerprint density at radius 2 is 1.69 bits per heavy atom.